The van der Waals surface area contributed by atoms with E-state index in [0.717, 1.165) is 5.92 Å². The van der Waals surface area contributed by atoms with Gasteiger partial charge in [-0.05, 0) is 44.2 Å². The van der Waals surface area contributed by atoms with Crippen molar-refractivity contribution in [2.24, 2.45) is 5.92 Å². The number of hydrogen-bond donors (Lipinski definition) is 2. The molecule has 1 saturated heterocycles. The fraction of sp³-hybridized carbons (Fsp3) is 0.706. The van der Waals surface area contributed by atoms with Crippen LogP contribution >= 0.6 is 0 Å². The van der Waals surface area contributed by atoms with E-state index in [9.17, 15) is 0 Å². The molecule has 3 rings (SSSR count). The lowest BCUT2D eigenvalue weighted by Crippen LogP contribution is -2.44. The lowest BCUT2D eigenvalue weighted by Gasteiger charge is -2.34. The van der Waals surface area contributed by atoms with Crippen molar-refractivity contribution in [2.45, 2.75) is 50.6 Å². The van der Waals surface area contributed by atoms with E-state index in [1.54, 1.807) is 0 Å². The number of rotatable bonds is 4. The fourth-order valence-corrected chi connectivity index (χ4v) is 3.98. The van der Waals surface area contributed by atoms with Crippen LogP contribution < -0.4 is 15.5 Å². The molecule has 0 radical (unpaired) electrons. The Bertz CT molecular complexity index is 454. The number of nitrogens with one attached hydrogen (secondary N) is 2. The topological polar surface area (TPSA) is 40.2 Å². The molecule has 4 heteroatoms. The van der Waals surface area contributed by atoms with Gasteiger partial charge in [-0.2, -0.15) is 0 Å². The molecule has 3 unspecified atom stereocenters. The van der Waals surface area contributed by atoms with E-state index >= 15 is 0 Å². The van der Waals surface area contributed by atoms with Gasteiger partial charge in [0.05, 0.1) is 17.6 Å². The molecule has 2 heterocycles. The first kappa shape index (κ1) is 14.6. The third kappa shape index (κ3) is 3.31. The Balaban J connectivity index is 1.71. The number of anilines is 2. The Kier molecular flexibility index (Phi) is 4.63. The Hall–Kier alpha value is -1.29. The van der Waals surface area contributed by atoms with Crippen LogP contribution in [0.1, 0.15) is 38.5 Å². The number of hydrogen-bond acceptors (Lipinski definition) is 4. The molecule has 0 aromatic carbocycles. The number of pyridine rings is 1. The third-order valence-electron chi connectivity index (χ3n) is 5.06. The van der Waals surface area contributed by atoms with Gasteiger partial charge >= 0.3 is 0 Å². The van der Waals surface area contributed by atoms with Crippen LogP contribution in [-0.2, 0) is 0 Å². The molecule has 21 heavy (non-hydrogen) atoms. The summed E-state index contributed by atoms with van der Waals surface area (Å²) in [5.41, 5.74) is 2.41. The van der Waals surface area contributed by atoms with Crippen molar-refractivity contribution >= 4 is 11.4 Å². The lowest BCUT2D eigenvalue weighted by atomic mass is 9.88. The molecule has 1 aromatic rings. The van der Waals surface area contributed by atoms with Gasteiger partial charge in [0.2, 0.25) is 0 Å². The molecule has 2 fully saturated rings. The summed E-state index contributed by atoms with van der Waals surface area (Å²) < 4.78 is 0. The van der Waals surface area contributed by atoms with Gasteiger partial charge in [0.15, 0.2) is 0 Å². The summed E-state index contributed by atoms with van der Waals surface area (Å²) in [4.78, 5) is 6.46. The second-order valence-corrected chi connectivity index (χ2v) is 6.69. The second kappa shape index (κ2) is 6.65. The molecule has 2 aliphatic rings. The Morgan fingerprint density at radius 1 is 1.19 bits per heavy atom. The van der Waals surface area contributed by atoms with Crippen molar-refractivity contribution < 1.29 is 0 Å². The first-order chi connectivity index (χ1) is 10.3. The van der Waals surface area contributed by atoms with E-state index in [-0.39, 0.29) is 0 Å². The normalized spacial score (nSPS) is 29.3. The highest BCUT2D eigenvalue weighted by Crippen LogP contribution is 2.35. The van der Waals surface area contributed by atoms with E-state index in [2.05, 4.69) is 40.7 Å². The average Bonchev–Trinajstić information content (AvgIpc) is 2.96. The number of aromatic nitrogens is 1. The quantitative estimate of drug-likeness (QED) is 0.894. The smallest absolute Gasteiger partial charge is 0.0766 e. The fourth-order valence-electron chi connectivity index (χ4n) is 3.98. The summed E-state index contributed by atoms with van der Waals surface area (Å²) in [5.74, 6) is 0.764. The van der Waals surface area contributed by atoms with Crippen LogP contribution in [0.15, 0.2) is 18.5 Å². The largest absolute Gasteiger partial charge is 0.379 e. The van der Waals surface area contributed by atoms with E-state index in [4.69, 9.17) is 0 Å². The molecule has 0 spiro atoms. The minimum atomic E-state index is 0.587. The van der Waals surface area contributed by atoms with Crippen molar-refractivity contribution in [2.75, 3.05) is 30.9 Å². The summed E-state index contributed by atoms with van der Waals surface area (Å²) >= 11 is 0. The summed E-state index contributed by atoms with van der Waals surface area (Å²) in [7, 11) is 4.19. The Morgan fingerprint density at radius 2 is 2.10 bits per heavy atom. The number of nitrogens with zero attached hydrogens (tertiary/aromatic N) is 2. The van der Waals surface area contributed by atoms with Crippen molar-refractivity contribution in [1.82, 2.24) is 10.3 Å². The second-order valence-electron chi connectivity index (χ2n) is 6.69. The Labute approximate surface area is 128 Å². The summed E-state index contributed by atoms with van der Waals surface area (Å²) in [6, 6.07) is 3.38. The molecule has 4 nitrogen and oxygen atoms in total. The van der Waals surface area contributed by atoms with Gasteiger partial charge in [0.1, 0.15) is 0 Å². The zero-order valence-corrected chi connectivity index (χ0v) is 13.3. The molecule has 1 saturated carbocycles. The van der Waals surface area contributed by atoms with E-state index in [0.29, 0.717) is 12.1 Å². The maximum absolute atomic E-state index is 4.30. The summed E-state index contributed by atoms with van der Waals surface area (Å²) in [6.07, 6.45) is 11.9. The summed E-state index contributed by atoms with van der Waals surface area (Å²) in [5, 5.41) is 7.54. The molecule has 0 amide bonds. The SMILES string of the molecule is CN(C)c1ccncc1NC1CCCC1C1CCCCN1. The van der Waals surface area contributed by atoms with Gasteiger partial charge in [-0.25, -0.2) is 0 Å². The highest BCUT2D eigenvalue weighted by molar-refractivity contribution is 5.68. The van der Waals surface area contributed by atoms with Crippen molar-refractivity contribution in [3.05, 3.63) is 18.5 Å². The molecule has 1 aliphatic carbocycles. The van der Waals surface area contributed by atoms with Crippen molar-refractivity contribution in [3.63, 3.8) is 0 Å². The van der Waals surface area contributed by atoms with Gasteiger partial charge in [-0.1, -0.05) is 12.8 Å². The molecule has 1 aliphatic heterocycles. The van der Waals surface area contributed by atoms with Crippen LogP contribution in [0.2, 0.25) is 0 Å². The highest BCUT2D eigenvalue weighted by atomic mass is 15.1. The molecular formula is C17H28N4. The first-order valence-electron chi connectivity index (χ1n) is 8.37. The van der Waals surface area contributed by atoms with Crippen LogP contribution in [0.25, 0.3) is 0 Å². The van der Waals surface area contributed by atoms with Crippen molar-refractivity contribution in [3.8, 4) is 0 Å². The van der Waals surface area contributed by atoms with Gasteiger partial charge in [-0.3, -0.25) is 4.98 Å². The molecule has 2 N–H and O–H groups in total. The minimum absolute atomic E-state index is 0.587. The van der Waals surface area contributed by atoms with Crippen LogP contribution in [-0.4, -0.2) is 37.7 Å². The molecular weight excluding hydrogens is 260 g/mol. The predicted molar refractivity (Wildman–Crippen MR) is 89.0 cm³/mol. The molecule has 1 aromatic heterocycles. The molecule has 116 valence electrons. The van der Waals surface area contributed by atoms with Crippen LogP contribution in [0, 0.1) is 5.92 Å². The maximum Gasteiger partial charge on any atom is 0.0766 e. The van der Waals surface area contributed by atoms with Crippen LogP contribution in [0.5, 0.6) is 0 Å². The standard InChI is InChI=1S/C17H28N4/c1-21(2)17-9-11-18-12-16(17)20-15-8-5-6-13(15)14-7-3-4-10-19-14/h9,11-15,19-20H,3-8,10H2,1-2H3. The average molecular weight is 288 g/mol. The zero-order chi connectivity index (χ0) is 14.7. The molecule has 0 bridgehead atoms. The maximum atomic E-state index is 4.30. The van der Waals surface area contributed by atoms with Gasteiger partial charge in [-0.15, -0.1) is 0 Å². The minimum Gasteiger partial charge on any atom is -0.379 e. The van der Waals surface area contributed by atoms with Gasteiger partial charge in [0.25, 0.3) is 0 Å². The van der Waals surface area contributed by atoms with E-state index < -0.39 is 0 Å². The van der Waals surface area contributed by atoms with Gasteiger partial charge in [0, 0.05) is 32.4 Å². The van der Waals surface area contributed by atoms with Crippen LogP contribution in [0.4, 0.5) is 11.4 Å². The molecule has 3 atom stereocenters. The first-order valence-corrected chi connectivity index (χ1v) is 8.37. The van der Waals surface area contributed by atoms with E-state index in [1.165, 1.54) is 56.4 Å². The number of piperidine rings is 1. The third-order valence-corrected chi connectivity index (χ3v) is 5.06. The lowest BCUT2D eigenvalue weighted by molar-refractivity contribution is 0.286. The monoisotopic (exact) mass is 288 g/mol. The van der Waals surface area contributed by atoms with E-state index in [1.807, 2.05) is 12.4 Å². The van der Waals surface area contributed by atoms with Crippen LogP contribution in [0.3, 0.4) is 0 Å². The van der Waals surface area contributed by atoms with Crippen molar-refractivity contribution in [1.29, 1.82) is 0 Å². The zero-order valence-electron chi connectivity index (χ0n) is 13.3. The highest BCUT2D eigenvalue weighted by Gasteiger charge is 2.34. The summed E-state index contributed by atoms with van der Waals surface area (Å²) in [6.45, 7) is 1.20. The predicted octanol–water partition coefficient (Wildman–Crippen LogP) is 2.87. The Morgan fingerprint density at radius 3 is 2.86 bits per heavy atom. The van der Waals surface area contributed by atoms with Gasteiger partial charge < -0.3 is 15.5 Å².